The van der Waals surface area contributed by atoms with E-state index >= 15 is 0 Å². The summed E-state index contributed by atoms with van der Waals surface area (Å²) in [5.41, 5.74) is 0.526. The van der Waals surface area contributed by atoms with Gasteiger partial charge in [0.1, 0.15) is 0 Å². The molecule has 24 heavy (non-hydrogen) atoms. The monoisotopic (exact) mass is 332 g/mol. The summed E-state index contributed by atoms with van der Waals surface area (Å²) in [7, 11) is 0. The van der Waals surface area contributed by atoms with Gasteiger partial charge in [0, 0.05) is 12.1 Å². The van der Waals surface area contributed by atoms with Crippen LogP contribution in [0.1, 0.15) is 39.6 Å². The van der Waals surface area contributed by atoms with Gasteiger partial charge in [0.05, 0.1) is 12.1 Å². The second-order valence-electron chi connectivity index (χ2n) is 6.78. The van der Waals surface area contributed by atoms with Gasteiger partial charge in [-0.3, -0.25) is 0 Å². The Bertz CT molecular complexity index is 664. The second-order valence-corrected chi connectivity index (χ2v) is 6.78. The van der Waals surface area contributed by atoms with E-state index in [0.717, 1.165) is 5.56 Å². The lowest BCUT2D eigenvalue weighted by atomic mass is 9.89. The average Bonchev–Trinajstić information content (AvgIpc) is 3.02. The summed E-state index contributed by atoms with van der Waals surface area (Å²) in [5, 5.41) is 19.2. The number of aromatic nitrogens is 2. The van der Waals surface area contributed by atoms with Crippen molar-refractivity contribution in [2.24, 2.45) is 5.41 Å². The standard InChI is InChI=1S/C17H24N4O3/c1-11(19-16(23)18-10-13(22)17(2,3)4)14-20-15(24-21-14)12-8-6-5-7-9-12/h5-9,11,13,22H,10H2,1-4H3,(H2,18,19,23). The molecule has 1 heterocycles. The van der Waals surface area contributed by atoms with Gasteiger partial charge in [-0.25, -0.2) is 4.79 Å². The minimum absolute atomic E-state index is 0.170. The Labute approximate surface area is 141 Å². The average molecular weight is 332 g/mol. The van der Waals surface area contributed by atoms with E-state index in [2.05, 4.69) is 20.8 Å². The SMILES string of the molecule is CC(NC(=O)NCC(O)C(C)(C)C)c1noc(-c2ccccc2)n1. The third-order valence-corrected chi connectivity index (χ3v) is 3.65. The van der Waals surface area contributed by atoms with E-state index in [1.165, 1.54) is 0 Å². The van der Waals surface area contributed by atoms with Gasteiger partial charge in [-0.15, -0.1) is 0 Å². The summed E-state index contributed by atoms with van der Waals surface area (Å²) in [6, 6.07) is 8.60. The molecule has 2 atom stereocenters. The molecule has 1 aromatic heterocycles. The first-order valence-corrected chi connectivity index (χ1v) is 7.89. The predicted octanol–water partition coefficient (Wildman–Crippen LogP) is 2.50. The molecular formula is C17H24N4O3. The van der Waals surface area contributed by atoms with Gasteiger partial charge in [0.15, 0.2) is 5.82 Å². The zero-order valence-electron chi connectivity index (χ0n) is 14.4. The Hall–Kier alpha value is -2.41. The fourth-order valence-electron chi connectivity index (χ4n) is 1.92. The minimum Gasteiger partial charge on any atom is -0.391 e. The van der Waals surface area contributed by atoms with Crippen molar-refractivity contribution in [2.45, 2.75) is 39.8 Å². The molecule has 0 aliphatic carbocycles. The maximum atomic E-state index is 11.9. The lowest BCUT2D eigenvalue weighted by molar-refractivity contribution is 0.0649. The van der Waals surface area contributed by atoms with Crippen LogP contribution in [0.4, 0.5) is 4.79 Å². The fourth-order valence-corrected chi connectivity index (χ4v) is 1.92. The molecule has 0 bridgehead atoms. The van der Waals surface area contributed by atoms with Crippen molar-refractivity contribution in [3.05, 3.63) is 36.2 Å². The van der Waals surface area contributed by atoms with Crippen LogP contribution in [0.5, 0.6) is 0 Å². The Morgan fingerprint density at radius 1 is 1.29 bits per heavy atom. The Balaban J connectivity index is 1.90. The molecule has 2 unspecified atom stereocenters. The summed E-state index contributed by atoms with van der Waals surface area (Å²) in [6.45, 7) is 7.65. The smallest absolute Gasteiger partial charge is 0.315 e. The van der Waals surface area contributed by atoms with Crippen molar-refractivity contribution in [2.75, 3.05) is 6.54 Å². The quantitative estimate of drug-likeness (QED) is 0.781. The lowest BCUT2D eigenvalue weighted by Crippen LogP contribution is -2.44. The second kappa shape index (κ2) is 7.44. The highest BCUT2D eigenvalue weighted by Gasteiger charge is 2.23. The van der Waals surface area contributed by atoms with Crippen LogP contribution in [0.3, 0.4) is 0 Å². The molecule has 0 saturated carbocycles. The third kappa shape index (κ3) is 4.79. The molecule has 2 rings (SSSR count). The van der Waals surface area contributed by atoms with Gasteiger partial charge in [0.2, 0.25) is 0 Å². The van der Waals surface area contributed by atoms with Crippen molar-refractivity contribution in [1.29, 1.82) is 0 Å². The van der Waals surface area contributed by atoms with Crippen LogP contribution in [0, 0.1) is 5.41 Å². The van der Waals surface area contributed by atoms with Gasteiger partial charge < -0.3 is 20.3 Å². The van der Waals surface area contributed by atoms with E-state index in [0.29, 0.717) is 11.7 Å². The van der Waals surface area contributed by atoms with Gasteiger partial charge in [-0.1, -0.05) is 44.1 Å². The van der Waals surface area contributed by atoms with Crippen molar-refractivity contribution in [3.63, 3.8) is 0 Å². The molecule has 0 aliphatic heterocycles. The number of carbonyl (C=O) groups is 1. The highest BCUT2D eigenvalue weighted by atomic mass is 16.5. The van der Waals surface area contributed by atoms with E-state index in [1.807, 2.05) is 51.1 Å². The fraction of sp³-hybridized carbons (Fsp3) is 0.471. The number of hydrogen-bond acceptors (Lipinski definition) is 5. The molecule has 2 amide bonds. The maximum absolute atomic E-state index is 11.9. The first-order valence-electron chi connectivity index (χ1n) is 7.89. The summed E-state index contributed by atoms with van der Waals surface area (Å²) >= 11 is 0. The zero-order valence-corrected chi connectivity index (χ0v) is 14.4. The normalized spacial score (nSPS) is 14.0. The highest BCUT2D eigenvalue weighted by Crippen LogP contribution is 2.19. The van der Waals surface area contributed by atoms with Gasteiger partial charge in [0.25, 0.3) is 5.89 Å². The molecular weight excluding hydrogens is 308 g/mol. The number of rotatable bonds is 5. The molecule has 7 nitrogen and oxygen atoms in total. The van der Waals surface area contributed by atoms with Crippen molar-refractivity contribution < 1.29 is 14.4 Å². The molecule has 0 radical (unpaired) electrons. The number of nitrogens with one attached hydrogen (secondary N) is 2. The highest BCUT2D eigenvalue weighted by molar-refractivity contribution is 5.74. The summed E-state index contributed by atoms with van der Waals surface area (Å²) in [6.07, 6.45) is -0.631. The Morgan fingerprint density at radius 2 is 1.96 bits per heavy atom. The molecule has 0 saturated heterocycles. The van der Waals surface area contributed by atoms with Gasteiger partial charge in [-0.05, 0) is 24.5 Å². The summed E-state index contributed by atoms with van der Waals surface area (Å²) < 4.78 is 5.22. The first kappa shape index (κ1) is 17.9. The number of amides is 2. The molecule has 130 valence electrons. The third-order valence-electron chi connectivity index (χ3n) is 3.65. The Kier molecular flexibility index (Phi) is 5.56. The van der Waals surface area contributed by atoms with Crippen LogP contribution < -0.4 is 10.6 Å². The number of urea groups is 1. The summed E-state index contributed by atoms with van der Waals surface area (Å²) in [4.78, 5) is 16.2. The van der Waals surface area contributed by atoms with Crippen LogP contribution in [0.25, 0.3) is 11.5 Å². The van der Waals surface area contributed by atoms with Crippen molar-refractivity contribution in [1.82, 2.24) is 20.8 Å². The lowest BCUT2D eigenvalue weighted by Gasteiger charge is -2.26. The number of benzene rings is 1. The van der Waals surface area contributed by atoms with Crippen LogP contribution in [0.15, 0.2) is 34.9 Å². The molecule has 2 aromatic rings. The number of hydrogen-bond donors (Lipinski definition) is 3. The molecule has 3 N–H and O–H groups in total. The van der Waals surface area contributed by atoms with E-state index < -0.39 is 18.2 Å². The number of aliphatic hydroxyl groups excluding tert-OH is 1. The van der Waals surface area contributed by atoms with Crippen LogP contribution in [0.2, 0.25) is 0 Å². The van der Waals surface area contributed by atoms with E-state index in [9.17, 15) is 9.90 Å². The van der Waals surface area contributed by atoms with Crippen LogP contribution in [-0.4, -0.2) is 33.9 Å². The van der Waals surface area contributed by atoms with Gasteiger partial charge in [-0.2, -0.15) is 4.98 Å². The Morgan fingerprint density at radius 3 is 2.58 bits per heavy atom. The van der Waals surface area contributed by atoms with E-state index in [-0.39, 0.29) is 12.0 Å². The maximum Gasteiger partial charge on any atom is 0.315 e. The van der Waals surface area contributed by atoms with Crippen molar-refractivity contribution >= 4 is 6.03 Å². The van der Waals surface area contributed by atoms with E-state index in [1.54, 1.807) is 6.92 Å². The number of nitrogens with zero attached hydrogens (tertiary/aromatic N) is 2. The summed E-state index contributed by atoms with van der Waals surface area (Å²) in [5.74, 6) is 0.795. The first-order chi connectivity index (χ1) is 11.3. The molecule has 0 aliphatic rings. The predicted molar refractivity (Wildman–Crippen MR) is 90.1 cm³/mol. The van der Waals surface area contributed by atoms with Gasteiger partial charge >= 0.3 is 6.03 Å². The number of aliphatic hydroxyl groups is 1. The molecule has 7 heteroatoms. The minimum atomic E-state index is -0.631. The van der Waals surface area contributed by atoms with Crippen molar-refractivity contribution in [3.8, 4) is 11.5 Å². The molecule has 0 spiro atoms. The zero-order chi connectivity index (χ0) is 17.7. The van der Waals surface area contributed by atoms with Crippen LogP contribution >= 0.6 is 0 Å². The van der Waals surface area contributed by atoms with Crippen LogP contribution in [-0.2, 0) is 0 Å². The topological polar surface area (TPSA) is 100 Å². The molecule has 0 fully saturated rings. The molecule has 1 aromatic carbocycles. The largest absolute Gasteiger partial charge is 0.391 e. The number of carbonyl (C=O) groups excluding carboxylic acids is 1. The van der Waals surface area contributed by atoms with E-state index in [4.69, 9.17) is 4.52 Å².